The molecule has 1 saturated heterocycles. The highest BCUT2D eigenvalue weighted by Crippen LogP contribution is 2.29. The van der Waals surface area contributed by atoms with E-state index in [4.69, 9.17) is 26.1 Å². The van der Waals surface area contributed by atoms with Gasteiger partial charge in [0.25, 0.3) is 0 Å². The van der Waals surface area contributed by atoms with Crippen molar-refractivity contribution in [1.29, 1.82) is 0 Å². The molecule has 0 saturated carbocycles. The van der Waals surface area contributed by atoms with Crippen molar-refractivity contribution in [2.24, 2.45) is 0 Å². The lowest BCUT2D eigenvalue weighted by Crippen LogP contribution is -2.34. The molecule has 0 aliphatic carbocycles. The van der Waals surface area contributed by atoms with Crippen LogP contribution in [0.1, 0.15) is 48.5 Å². The summed E-state index contributed by atoms with van der Waals surface area (Å²) in [5.41, 5.74) is 2.40. The Morgan fingerprint density at radius 3 is 2.78 bits per heavy atom. The summed E-state index contributed by atoms with van der Waals surface area (Å²) >= 11 is 5.83. The number of hydrogen-bond acceptors (Lipinski definition) is 6. The first-order chi connectivity index (χ1) is 18.0. The topological polar surface area (TPSA) is 72.6 Å². The molecule has 1 N–H and O–H groups in total. The first-order valence-corrected chi connectivity index (χ1v) is 12.9. The number of likely N-dealkylation sites (tertiary alicyclic amines) is 1. The van der Waals surface area contributed by atoms with E-state index in [1.807, 2.05) is 31.3 Å². The van der Waals surface area contributed by atoms with Crippen LogP contribution in [0.15, 0.2) is 48.7 Å². The van der Waals surface area contributed by atoms with Crippen molar-refractivity contribution in [2.75, 3.05) is 26.8 Å². The Balaban J connectivity index is 1.35. The van der Waals surface area contributed by atoms with Gasteiger partial charge in [0.05, 0.1) is 37.7 Å². The predicted octanol–water partition coefficient (Wildman–Crippen LogP) is 5.07. The summed E-state index contributed by atoms with van der Waals surface area (Å²) in [5.74, 6) is 1.43. The monoisotopic (exact) mass is 528 g/mol. The molecule has 1 aromatic carbocycles. The maximum Gasteiger partial charge on any atom is 0.213 e. The van der Waals surface area contributed by atoms with Crippen LogP contribution in [0, 0.1) is 5.82 Å². The van der Waals surface area contributed by atoms with Gasteiger partial charge >= 0.3 is 0 Å². The molecule has 0 radical (unpaired) electrons. The van der Waals surface area contributed by atoms with Gasteiger partial charge in [-0.1, -0.05) is 29.8 Å². The number of rotatable bonds is 11. The number of piperidine rings is 1. The maximum atomic E-state index is 14.1. The Labute approximate surface area is 222 Å². The fraction of sp³-hybridized carbons (Fsp3) is 0.429. The third kappa shape index (κ3) is 7.38. The van der Waals surface area contributed by atoms with Crippen molar-refractivity contribution >= 4 is 17.7 Å². The summed E-state index contributed by atoms with van der Waals surface area (Å²) < 4.78 is 27.5. The second kappa shape index (κ2) is 13.1. The van der Waals surface area contributed by atoms with Crippen molar-refractivity contribution in [3.8, 4) is 5.88 Å². The van der Waals surface area contributed by atoms with Crippen molar-refractivity contribution < 1.29 is 19.0 Å². The van der Waals surface area contributed by atoms with Crippen molar-refractivity contribution in [2.45, 2.75) is 51.5 Å². The summed E-state index contributed by atoms with van der Waals surface area (Å²) in [6, 6.07) is 10.3. The highest BCUT2D eigenvalue weighted by Gasteiger charge is 2.24. The molecular weight excluding hydrogens is 495 g/mol. The molecule has 4 rings (SSSR count). The highest BCUT2D eigenvalue weighted by molar-refractivity contribution is 6.30. The number of pyridine rings is 1. The molecule has 3 aromatic rings. The Bertz CT molecular complexity index is 1190. The van der Waals surface area contributed by atoms with E-state index in [2.05, 4.69) is 14.5 Å². The van der Waals surface area contributed by atoms with Crippen LogP contribution in [0.3, 0.4) is 0 Å². The fourth-order valence-corrected chi connectivity index (χ4v) is 4.68. The van der Waals surface area contributed by atoms with E-state index < -0.39 is 0 Å². The number of aliphatic hydroxyl groups is 1. The normalized spacial score (nSPS) is 15.9. The molecule has 37 heavy (non-hydrogen) atoms. The molecule has 0 bridgehead atoms. The van der Waals surface area contributed by atoms with Crippen molar-refractivity contribution in [3.63, 3.8) is 0 Å². The van der Waals surface area contributed by atoms with E-state index in [1.165, 1.54) is 6.07 Å². The van der Waals surface area contributed by atoms with Crippen LogP contribution >= 0.6 is 11.6 Å². The van der Waals surface area contributed by atoms with Gasteiger partial charge in [-0.15, -0.1) is 0 Å². The van der Waals surface area contributed by atoms with E-state index >= 15 is 0 Å². The number of ether oxygens (including phenoxy) is 2. The maximum absolute atomic E-state index is 14.1. The van der Waals surface area contributed by atoms with E-state index in [-0.39, 0.29) is 25.1 Å². The van der Waals surface area contributed by atoms with E-state index in [1.54, 1.807) is 31.4 Å². The number of nitrogens with zero attached hydrogens (tertiary/aromatic N) is 4. The number of aromatic nitrogens is 3. The third-order valence-corrected chi connectivity index (χ3v) is 6.95. The van der Waals surface area contributed by atoms with Gasteiger partial charge in [0.15, 0.2) is 0 Å². The van der Waals surface area contributed by atoms with Gasteiger partial charge in [-0.2, -0.15) is 0 Å². The zero-order valence-electron chi connectivity index (χ0n) is 21.3. The minimum Gasteiger partial charge on any atom is -0.473 e. The summed E-state index contributed by atoms with van der Waals surface area (Å²) in [6.45, 7) is 5.44. The summed E-state index contributed by atoms with van der Waals surface area (Å²) in [7, 11) is 1.71. The molecule has 0 amide bonds. The SMILES string of the molecule is COC(C)Cn1c(/C=C/CO)cnc1CN1CCC(c2cccc(OCc3ccc(Cl)cc3F)n2)CC1. The molecule has 9 heteroatoms. The Morgan fingerprint density at radius 1 is 1.24 bits per heavy atom. The average molecular weight is 529 g/mol. The third-order valence-electron chi connectivity index (χ3n) is 6.71. The molecule has 198 valence electrons. The van der Waals surface area contributed by atoms with Crippen LogP contribution in [0.4, 0.5) is 4.39 Å². The van der Waals surface area contributed by atoms with Gasteiger partial charge < -0.3 is 19.1 Å². The number of hydrogen-bond donors (Lipinski definition) is 1. The zero-order chi connectivity index (χ0) is 26.2. The second-order valence-corrected chi connectivity index (χ2v) is 9.75. The summed E-state index contributed by atoms with van der Waals surface area (Å²) in [4.78, 5) is 11.8. The summed E-state index contributed by atoms with van der Waals surface area (Å²) in [5, 5.41) is 9.53. The largest absolute Gasteiger partial charge is 0.473 e. The van der Waals surface area contributed by atoms with Gasteiger partial charge in [-0.3, -0.25) is 4.90 Å². The Hall–Kier alpha value is -2.78. The minimum atomic E-state index is -0.384. The molecule has 1 aliphatic heterocycles. The quantitative estimate of drug-likeness (QED) is 0.374. The first-order valence-electron chi connectivity index (χ1n) is 12.6. The first kappa shape index (κ1) is 27.3. The minimum absolute atomic E-state index is 0.00779. The Morgan fingerprint density at radius 2 is 2.05 bits per heavy atom. The number of aliphatic hydroxyl groups excluding tert-OH is 1. The smallest absolute Gasteiger partial charge is 0.213 e. The molecule has 1 unspecified atom stereocenters. The van der Waals surface area contributed by atoms with Gasteiger partial charge in [0.1, 0.15) is 18.2 Å². The standard InChI is InChI=1S/C28H34ClFN4O3/c1-20(36-2)17-34-24(5-4-14-35)16-31-27(34)18-33-12-10-21(11-13-33)26-6-3-7-28(32-26)37-19-22-8-9-23(29)15-25(22)30/h3-9,15-16,20-21,35H,10-14,17-19H2,1-2H3/b5-4+. The fourth-order valence-electron chi connectivity index (χ4n) is 4.52. The lowest BCUT2D eigenvalue weighted by molar-refractivity contribution is 0.101. The molecule has 7 nitrogen and oxygen atoms in total. The zero-order valence-corrected chi connectivity index (χ0v) is 22.1. The van der Waals surface area contributed by atoms with Crippen LogP contribution < -0.4 is 4.74 Å². The van der Waals surface area contributed by atoms with Crippen LogP contribution in [-0.4, -0.2) is 57.5 Å². The highest BCUT2D eigenvalue weighted by atomic mass is 35.5. The van der Waals surface area contributed by atoms with Gasteiger partial charge in [0.2, 0.25) is 5.88 Å². The lowest BCUT2D eigenvalue weighted by atomic mass is 9.93. The number of methoxy groups -OCH3 is 1. The molecule has 1 aliphatic rings. The number of benzene rings is 1. The van der Waals surface area contributed by atoms with Crippen LogP contribution in [0.5, 0.6) is 5.88 Å². The average Bonchev–Trinajstić information content (AvgIpc) is 3.27. The van der Waals surface area contributed by atoms with Gasteiger partial charge in [-0.25, -0.2) is 14.4 Å². The molecule has 1 atom stereocenters. The number of halogens is 2. The van der Waals surface area contributed by atoms with Crippen molar-refractivity contribution in [1.82, 2.24) is 19.4 Å². The lowest BCUT2D eigenvalue weighted by Gasteiger charge is -2.31. The van der Waals surface area contributed by atoms with Crippen LogP contribution in [0.2, 0.25) is 5.02 Å². The van der Waals surface area contributed by atoms with Crippen molar-refractivity contribution in [3.05, 3.63) is 82.3 Å². The molecule has 1 fully saturated rings. The predicted molar refractivity (Wildman–Crippen MR) is 142 cm³/mol. The van der Waals surface area contributed by atoms with Gasteiger partial charge in [-0.05, 0) is 57.1 Å². The van der Waals surface area contributed by atoms with Crippen LogP contribution in [0.25, 0.3) is 6.08 Å². The second-order valence-electron chi connectivity index (χ2n) is 9.32. The molecular formula is C28H34ClFN4O3. The molecule has 3 heterocycles. The number of imidazole rings is 1. The van der Waals surface area contributed by atoms with E-state index in [9.17, 15) is 9.50 Å². The Kier molecular flexibility index (Phi) is 9.68. The molecule has 0 spiro atoms. The molecule has 2 aromatic heterocycles. The van der Waals surface area contributed by atoms with Gasteiger partial charge in [0, 0.05) is 35.4 Å². The van der Waals surface area contributed by atoms with E-state index in [0.29, 0.717) is 28.9 Å². The van der Waals surface area contributed by atoms with Crippen LogP contribution in [-0.2, 0) is 24.4 Å². The summed E-state index contributed by atoms with van der Waals surface area (Å²) in [6.07, 6.45) is 7.48. The van der Waals surface area contributed by atoms with E-state index in [0.717, 1.165) is 49.7 Å².